The SMILES string of the molecule is CCCCCCCCC=CCCCCCCCCCCCC(=O)OCCCCCCCCCCCCC(C)CC. The summed E-state index contributed by atoms with van der Waals surface area (Å²) in [7, 11) is 0. The minimum Gasteiger partial charge on any atom is -0.466 e. The Morgan fingerprint density at radius 3 is 1.40 bits per heavy atom. The zero-order valence-corrected chi connectivity index (χ0v) is 28.0. The second kappa shape index (κ2) is 34.4. The van der Waals surface area contributed by atoms with Crippen LogP contribution < -0.4 is 0 Å². The van der Waals surface area contributed by atoms with Crippen molar-refractivity contribution in [3.05, 3.63) is 12.2 Å². The van der Waals surface area contributed by atoms with Gasteiger partial charge in [-0.25, -0.2) is 0 Å². The van der Waals surface area contributed by atoms with Crippen molar-refractivity contribution in [2.24, 2.45) is 5.92 Å². The second-order valence-corrected chi connectivity index (χ2v) is 12.8. The Balaban J connectivity index is 3.20. The van der Waals surface area contributed by atoms with Crippen LogP contribution in [-0.2, 0) is 9.53 Å². The third-order valence-corrected chi connectivity index (χ3v) is 8.69. The average Bonchev–Trinajstić information content (AvgIpc) is 2.96. The van der Waals surface area contributed by atoms with Gasteiger partial charge in [-0.3, -0.25) is 4.79 Å². The maximum absolute atomic E-state index is 11.9. The van der Waals surface area contributed by atoms with Gasteiger partial charge < -0.3 is 4.74 Å². The van der Waals surface area contributed by atoms with E-state index >= 15 is 0 Å². The quantitative estimate of drug-likeness (QED) is 0.0451. The van der Waals surface area contributed by atoms with Crippen LogP contribution in [0, 0.1) is 5.92 Å². The van der Waals surface area contributed by atoms with E-state index in [9.17, 15) is 4.79 Å². The van der Waals surface area contributed by atoms with Gasteiger partial charge in [-0.1, -0.05) is 181 Å². The molecular weight excluding hydrogens is 488 g/mol. The molecule has 238 valence electrons. The Morgan fingerprint density at radius 1 is 0.525 bits per heavy atom. The molecule has 1 atom stereocenters. The van der Waals surface area contributed by atoms with Crippen molar-refractivity contribution in [1.82, 2.24) is 0 Å². The van der Waals surface area contributed by atoms with E-state index in [-0.39, 0.29) is 5.97 Å². The zero-order chi connectivity index (χ0) is 29.2. The van der Waals surface area contributed by atoms with Crippen molar-refractivity contribution in [2.75, 3.05) is 6.61 Å². The molecule has 0 aliphatic rings. The molecule has 0 saturated heterocycles. The fraction of sp³-hybridized carbons (Fsp3) is 0.921. The van der Waals surface area contributed by atoms with E-state index in [1.165, 1.54) is 173 Å². The van der Waals surface area contributed by atoms with Crippen LogP contribution >= 0.6 is 0 Å². The van der Waals surface area contributed by atoms with Gasteiger partial charge in [-0.2, -0.15) is 0 Å². The van der Waals surface area contributed by atoms with Gasteiger partial charge in [-0.15, -0.1) is 0 Å². The molecule has 0 spiro atoms. The molecule has 2 nitrogen and oxygen atoms in total. The molecule has 0 aromatic rings. The molecule has 0 radical (unpaired) electrons. The fourth-order valence-electron chi connectivity index (χ4n) is 5.52. The smallest absolute Gasteiger partial charge is 0.305 e. The third kappa shape index (κ3) is 33.4. The third-order valence-electron chi connectivity index (χ3n) is 8.69. The van der Waals surface area contributed by atoms with Crippen LogP contribution in [0.4, 0.5) is 0 Å². The van der Waals surface area contributed by atoms with E-state index in [1.54, 1.807) is 0 Å². The van der Waals surface area contributed by atoms with E-state index in [1.807, 2.05) is 0 Å². The molecule has 0 aliphatic carbocycles. The summed E-state index contributed by atoms with van der Waals surface area (Å²) in [5.41, 5.74) is 0. The summed E-state index contributed by atoms with van der Waals surface area (Å²) in [6.45, 7) is 7.59. The summed E-state index contributed by atoms with van der Waals surface area (Å²) in [4.78, 5) is 11.9. The molecule has 0 aromatic heterocycles. The lowest BCUT2D eigenvalue weighted by atomic mass is 9.99. The molecule has 0 saturated carbocycles. The van der Waals surface area contributed by atoms with Crippen LogP contribution in [-0.4, -0.2) is 12.6 Å². The van der Waals surface area contributed by atoms with Crippen LogP contribution in [0.2, 0.25) is 0 Å². The van der Waals surface area contributed by atoms with Crippen LogP contribution in [0.3, 0.4) is 0 Å². The van der Waals surface area contributed by atoms with Gasteiger partial charge >= 0.3 is 5.97 Å². The van der Waals surface area contributed by atoms with Crippen molar-refractivity contribution in [3.8, 4) is 0 Å². The summed E-state index contributed by atoms with van der Waals surface area (Å²) in [5.74, 6) is 0.936. The van der Waals surface area contributed by atoms with E-state index in [0.717, 1.165) is 18.8 Å². The van der Waals surface area contributed by atoms with Crippen molar-refractivity contribution in [1.29, 1.82) is 0 Å². The largest absolute Gasteiger partial charge is 0.466 e. The first-order valence-electron chi connectivity index (χ1n) is 18.5. The van der Waals surface area contributed by atoms with Crippen molar-refractivity contribution in [2.45, 2.75) is 213 Å². The summed E-state index contributed by atoms with van der Waals surface area (Å²) in [5, 5.41) is 0. The summed E-state index contributed by atoms with van der Waals surface area (Å²) in [6.07, 6.45) is 44.1. The van der Waals surface area contributed by atoms with E-state index in [4.69, 9.17) is 4.74 Å². The topological polar surface area (TPSA) is 26.3 Å². The molecule has 2 heteroatoms. The Hall–Kier alpha value is -0.790. The highest BCUT2D eigenvalue weighted by atomic mass is 16.5. The van der Waals surface area contributed by atoms with Crippen molar-refractivity contribution >= 4 is 5.97 Å². The number of ether oxygens (including phenoxy) is 1. The number of allylic oxidation sites excluding steroid dienone is 2. The van der Waals surface area contributed by atoms with Crippen LogP contribution in [0.1, 0.15) is 213 Å². The highest BCUT2D eigenvalue weighted by molar-refractivity contribution is 5.69. The Bertz CT molecular complexity index is 512. The van der Waals surface area contributed by atoms with E-state index in [2.05, 4.69) is 32.9 Å². The van der Waals surface area contributed by atoms with Gasteiger partial charge in [0.15, 0.2) is 0 Å². The maximum atomic E-state index is 11.9. The summed E-state index contributed by atoms with van der Waals surface area (Å²) < 4.78 is 5.44. The number of rotatable bonds is 33. The van der Waals surface area contributed by atoms with Gasteiger partial charge in [0, 0.05) is 6.42 Å². The molecule has 0 rings (SSSR count). The van der Waals surface area contributed by atoms with Gasteiger partial charge in [-0.05, 0) is 44.4 Å². The van der Waals surface area contributed by atoms with Gasteiger partial charge in [0.25, 0.3) is 0 Å². The van der Waals surface area contributed by atoms with E-state index in [0.29, 0.717) is 13.0 Å². The molecule has 40 heavy (non-hydrogen) atoms. The Morgan fingerprint density at radius 2 is 0.925 bits per heavy atom. The number of carbonyl (C=O) groups excluding carboxylic acids is 1. The standard InChI is InChI=1S/C38H74O2/c1-4-6-7-8-9-10-11-12-13-14-15-16-17-18-19-23-26-29-32-35-38(39)40-36-33-30-27-24-21-20-22-25-28-31-34-37(3)5-2/h12-13,37H,4-11,14-36H2,1-3H3. The predicted molar refractivity (Wildman–Crippen MR) is 179 cm³/mol. The molecule has 0 N–H and O–H groups in total. The van der Waals surface area contributed by atoms with Crippen LogP contribution in [0.25, 0.3) is 0 Å². The second-order valence-electron chi connectivity index (χ2n) is 12.8. The Labute approximate surface area is 253 Å². The predicted octanol–water partition coefficient (Wildman–Crippen LogP) is 13.5. The molecule has 0 fully saturated rings. The molecule has 0 bridgehead atoms. The molecular formula is C38H74O2. The van der Waals surface area contributed by atoms with E-state index < -0.39 is 0 Å². The normalized spacial score (nSPS) is 12.4. The van der Waals surface area contributed by atoms with Crippen molar-refractivity contribution < 1.29 is 9.53 Å². The molecule has 0 aromatic carbocycles. The monoisotopic (exact) mass is 563 g/mol. The highest BCUT2D eigenvalue weighted by Crippen LogP contribution is 2.16. The fourth-order valence-corrected chi connectivity index (χ4v) is 5.52. The average molecular weight is 563 g/mol. The van der Waals surface area contributed by atoms with Crippen LogP contribution in [0.15, 0.2) is 12.2 Å². The number of hydrogen-bond acceptors (Lipinski definition) is 2. The number of unbranched alkanes of at least 4 members (excludes halogenated alkanes) is 24. The van der Waals surface area contributed by atoms with Gasteiger partial charge in [0.1, 0.15) is 0 Å². The number of esters is 1. The molecule has 1 unspecified atom stereocenters. The Kier molecular flexibility index (Phi) is 33.7. The lowest BCUT2D eigenvalue weighted by Crippen LogP contribution is -2.05. The summed E-state index contributed by atoms with van der Waals surface area (Å²) in [6, 6.07) is 0. The van der Waals surface area contributed by atoms with Gasteiger partial charge in [0.05, 0.1) is 6.61 Å². The molecule has 0 heterocycles. The van der Waals surface area contributed by atoms with Crippen molar-refractivity contribution in [3.63, 3.8) is 0 Å². The summed E-state index contributed by atoms with van der Waals surface area (Å²) >= 11 is 0. The minimum absolute atomic E-state index is 0.0225. The first-order valence-corrected chi connectivity index (χ1v) is 18.5. The van der Waals surface area contributed by atoms with Gasteiger partial charge in [0.2, 0.25) is 0 Å². The first-order chi connectivity index (χ1) is 19.7. The molecule has 0 aliphatic heterocycles. The first kappa shape index (κ1) is 39.2. The highest BCUT2D eigenvalue weighted by Gasteiger charge is 2.03. The molecule has 0 amide bonds. The minimum atomic E-state index is 0.0225. The van der Waals surface area contributed by atoms with Crippen LogP contribution in [0.5, 0.6) is 0 Å². The number of hydrogen-bond donors (Lipinski definition) is 0. The lowest BCUT2D eigenvalue weighted by Gasteiger charge is -2.07. The lowest BCUT2D eigenvalue weighted by molar-refractivity contribution is -0.143. The number of carbonyl (C=O) groups is 1. The maximum Gasteiger partial charge on any atom is 0.305 e. The zero-order valence-electron chi connectivity index (χ0n) is 28.0.